The van der Waals surface area contributed by atoms with E-state index in [-0.39, 0.29) is 0 Å². The molecular formula is C12H25NO. The average Bonchev–Trinajstić information content (AvgIpc) is 2.84. The van der Waals surface area contributed by atoms with Crippen LogP contribution in [-0.4, -0.2) is 39.3 Å². The minimum absolute atomic E-state index is 0.387. The molecule has 1 saturated carbocycles. The fourth-order valence-corrected chi connectivity index (χ4v) is 2.63. The molecule has 0 N–H and O–H groups in total. The predicted molar refractivity (Wildman–Crippen MR) is 60.4 cm³/mol. The van der Waals surface area contributed by atoms with Crippen molar-refractivity contribution < 1.29 is 4.74 Å². The summed E-state index contributed by atoms with van der Waals surface area (Å²) in [7, 11) is 6.15. The zero-order chi connectivity index (χ0) is 10.8. The van der Waals surface area contributed by atoms with E-state index < -0.39 is 0 Å². The van der Waals surface area contributed by atoms with Gasteiger partial charge in [0.25, 0.3) is 0 Å². The summed E-state index contributed by atoms with van der Waals surface area (Å²) in [6.07, 6.45) is 2.80. The van der Waals surface area contributed by atoms with E-state index in [4.69, 9.17) is 4.74 Å². The molecular weight excluding hydrogens is 174 g/mol. The largest absolute Gasteiger partial charge is 0.384 e. The molecule has 1 aliphatic rings. The number of nitrogens with zero attached hydrogens (tertiary/aromatic N) is 1. The minimum Gasteiger partial charge on any atom is -0.384 e. The first-order chi connectivity index (χ1) is 6.53. The summed E-state index contributed by atoms with van der Waals surface area (Å²) in [5.41, 5.74) is 0.387. The topological polar surface area (TPSA) is 12.5 Å². The Kier molecular flexibility index (Phi) is 3.96. The lowest BCUT2D eigenvalue weighted by molar-refractivity contribution is 0.00437. The summed E-state index contributed by atoms with van der Waals surface area (Å²) in [5, 5.41) is 0. The Morgan fingerprint density at radius 1 is 1.36 bits per heavy atom. The number of hydrogen-bond acceptors (Lipinski definition) is 2. The fraction of sp³-hybridized carbons (Fsp3) is 1.00. The summed E-state index contributed by atoms with van der Waals surface area (Å²) >= 11 is 0. The summed E-state index contributed by atoms with van der Waals surface area (Å²) in [6, 6.07) is 0. The molecule has 1 atom stereocenters. The smallest absolute Gasteiger partial charge is 0.0536 e. The van der Waals surface area contributed by atoms with Crippen LogP contribution in [0.1, 0.15) is 26.7 Å². The molecule has 1 fully saturated rings. The molecule has 2 nitrogen and oxygen atoms in total. The molecule has 1 aliphatic carbocycles. The first-order valence-electron chi connectivity index (χ1n) is 5.66. The van der Waals surface area contributed by atoms with Crippen LogP contribution in [0.25, 0.3) is 0 Å². The number of hydrogen-bond donors (Lipinski definition) is 0. The van der Waals surface area contributed by atoms with Crippen LogP contribution in [0.5, 0.6) is 0 Å². The Labute approximate surface area is 88.6 Å². The van der Waals surface area contributed by atoms with Crippen molar-refractivity contribution in [2.75, 3.05) is 34.4 Å². The lowest BCUT2D eigenvalue weighted by Crippen LogP contribution is -2.43. The molecule has 0 bridgehead atoms. The van der Waals surface area contributed by atoms with E-state index in [9.17, 15) is 0 Å². The third-order valence-electron chi connectivity index (χ3n) is 3.56. The summed E-state index contributed by atoms with van der Waals surface area (Å²) in [4.78, 5) is 2.30. The van der Waals surface area contributed by atoms with E-state index in [1.165, 1.54) is 12.8 Å². The maximum absolute atomic E-state index is 5.44. The van der Waals surface area contributed by atoms with Crippen molar-refractivity contribution >= 4 is 0 Å². The van der Waals surface area contributed by atoms with Crippen molar-refractivity contribution in [2.45, 2.75) is 26.7 Å². The molecule has 0 aromatic rings. The minimum atomic E-state index is 0.387. The molecule has 84 valence electrons. The van der Waals surface area contributed by atoms with Crippen molar-refractivity contribution in [1.82, 2.24) is 4.90 Å². The van der Waals surface area contributed by atoms with Gasteiger partial charge in [-0.05, 0) is 38.8 Å². The maximum atomic E-state index is 5.44. The standard InChI is InChI=1S/C12H25NO/c1-10(2)12(9-14-5,8-13(3)4)11-6-7-11/h10-11H,6-9H2,1-5H3. The molecule has 1 rings (SSSR count). The molecule has 0 radical (unpaired) electrons. The van der Waals surface area contributed by atoms with Gasteiger partial charge in [0.1, 0.15) is 0 Å². The molecule has 0 heterocycles. The van der Waals surface area contributed by atoms with E-state index in [2.05, 4.69) is 32.8 Å². The highest BCUT2D eigenvalue weighted by Crippen LogP contribution is 2.50. The summed E-state index contributed by atoms with van der Waals surface area (Å²) < 4.78 is 5.44. The van der Waals surface area contributed by atoms with Gasteiger partial charge in [0.05, 0.1) is 6.61 Å². The van der Waals surface area contributed by atoms with Crippen LogP contribution < -0.4 is 0 Å². The monoisotopic (exact) mass is 199 g/mol. The highest BCUT2D eigenvalue weighted by molar-refractivity contribution is 4.97. The van der Waals surface area contributed by atoms with Crippen LogP contribution in [0.4, 0.5) is 0 Å². The van der Waals surface area contributed by atoms with E-state index in [0.717, 1.165) is 19.1 Å². The predicted octanol–water partition coefficient (Wildman–Crippen LogP) is 2.25. The van der Waals surface area contributed by atoms with Gasteiger partial charge >= 0.3 is 0 Å². The number of rotatable bonds is 6. The van der Waals surface area contributed by atoms with E-state index in [1.807, 2.05) is 7.11 Å². The van der Waals surface area contributed by atoms with Gasteiger partial charge in [0.15, 0.2) is 0 Å². The molecule has 0 aromatic carbocycles. The van der Waals surface area contributed by atoms with Crippen molar-refractivity contribution in [3.63, 3.8) is 0 Å². The van der Waals surface area contributed by atoms with Crippen LogP contribution >= 0.6 is 0 Å². The van der Waals surface area contributed by atoms with Gasteiger partial charge in [-0.3, -0.25) is 0 Å². The molecule has 0 amide bonds. The number of ether oxygens (including phenoxy) is 1. The van der Waals surface area contributed by atoms with Gasteiger partial charge in [0.2, 0.25) is 0 Å². The van der Waals surface area contributed by atoms with Crippen LogP contribution in [0.2, 0.25) is 0 Å². The molecule has 1 unspecified atom stereocenters. The Morgan fingerprint density at radius 2 is 1.93 bits per heavy atom. The quantitative estimate of drug-likeness (QED) is 0.650. The SMILES string of the molecule is COCC(CN(C)C)(C(C)C)C1CC1. The molecule has 0 aromatic heterocycles. The Morgan fingerprint density at radius 3 is 2.21 bits per heavy atom. The molecule has 2 heteroatoms. The Bertz CT molecular complexity index is 171. The first kappa shape index (κ1) is 12.0. The van der Waals surface area contributed by atoms with E-state index >= 15 is 0 Å². The van der Waals surface area contributed by atoms with Crippen molar-refractivity contribution in [1.29, 1.82) is 0 Å². The van der Waals surface area contributed by atoms with Gasteiger partial charge in [-0.2, -0.15) is 0 Å². The van der Waals surface area contributed by atoms with Crippen LogP contribution in [-0.2, 0) is 4.74 Å². The highest BCUT2D eigenvalue weighted by atomic mass is 16.5. The van der Waals surface area contributed by atoms with Crippen LogP contribution in [0.3, 0.4) is 0 Å². The fourth-order valence-electron chi connectivity index (χ4n) is 2.63. The van der Waals surface area contributed by atoms with Gasteiger partial charge in [-0.1, -0.05) is 13.8 Å². The normalized spacial score (nSPS) is 21.6. The van der Waals surface area contributed by atoms with Crippen molar-refractivity contribution in [3.05, 3.63) is 0 Å². The lowest BCUT2D eigenvalue weighted by Gasteiger charge is -2.39. The number of methoxy groups -OCH3 is 1. The van der Waals surface area contributed by atoms with Crippen molar-refractivity contribution in [2.24, 2.45) is 17.3 Å². The van der Waals surface area contributed by atoms with Gasteiger partial charge < -0.3 is 9.64 Å². The molecule has 14 heavy (non-hydrogen) atoms. The second-order valence-electron chi connectivity index (χ2n) is 5.33. The molecule has 0 saturated heterocycles. The van der Waals surface area contributed by atoms with Gasteiger partial charge in [-0.15, -0.1) is 0 Å². The van der Waals surface area contributed by atoms with Crippen LogP contribution in [0.15, 0.2) is 0 Å². The third-order valence-corrected chi connectivity index (χ3v) is 3.56. The first-order valence-corrected chi connectivity index (χ1v) is 5.66. The van der Waals surface area contributed by atoms with Gasteiger partial charge in [-0.25, -0.2) is 0 Å². The zero-order valence-electron chi connectivity index (χ0n) is 10.3. The van der Waals surface area contributed by atoms with E-state index in [1.54, 1.807) is 0 Å². The average molecular weight is 199 g/mol. The maximum Gasteiger partial charge on any atom is 0.0536 e. The molecule has 0 aliphatic heterocycles. The second-order valence-corrected chi connectivity index (χ2v) is 5.33. The Balaban J connectivity index is 2.72. The third kappa shape index (κ3) is 2.48. The lowest BCUT2D eigenvalue weighted by atomic mass is 9.73. The van der Waals surface area contributed by atoms with E-state index in [0.29, 0.717) is 11.3 Å². The second kappa shape index (κ2) is 4.63. The zero-order valence-corrected chi connectivity index (χ0v) is 10.3. The summed E-state index contributed by atoms with van der Waals surface area (Å²) in [5.74, 6) is 1.60. The Hall–Kier alpha value is -0.0800. The van der Waals surface area contributed by atoms with Gasteiger partial charge in [0, 0.05) is 19.1 Å². The van der Waals surface area contributed by atoms with Crippen LogP contribution in [0, 0.1) is 17.3 Å². The highest BCUT2D eigenvalue weighted by Gasteiger charge is 2.47. The summed E-state index contributed by atoms with van der Waals surface area (Å²) in [6.45, 7) is 6.73. The molecule has 0 spiro atoms. The van der Waals surface area contributed by atoms with Crippen molar-refractivity contribution in [3.8, 4) is 0 Å².